The Morgan fingerprint density at radius 3 is 0.620 bits per heavy atom. The second kappa shape index (κ2) is 31.0. The Labute approximate surface area is 334 Å². The van der Waals surface area contributed by atoms with Crippen molar-refractivity contribution < 1.29 is 79.0 Å². The summed E-state index contributed by atoms with van der Waals surface area (Å²) < 4.78 is 62.3. The van der Waals surface area contributed by atoms with E-state index in [9.17, 15) is 25.9 Å². The molecule has 0 saturated heterocycles. The molecule has 0 unspecified atom stereocenters. The first-order chi connectivity index (χ1) is 21.6. The summed E-state index contributed by atoms with van der Waals surface area (Å²) >= 11 is 0. The van der Waals surface area contributed by atoms with E-state index < -0.39 is 20.2 Å². The molecule has 0 atom stereocenters. The molecule has 0 aliphatic heterocycles. The Bertz CT molecular complexity index is 1140. The third-order valence-electron chi connectivity index (χ3n) is 5.94. The van der Waals surface area contributed by atoms with Crippen molar-refractivity contribution in [3.8, 4) is 0 Å². The molecule has 4 fully saturated rings. The van der Waals surface area contributed by atoms with Gasteiger partial charge in [0.05, 0.1) is 9.79 Å². The molecule has 266 valence electrons. The monoisotopic (exact) mass is 890 g/mol. The minimum atomic E-state index is -4.27. The first-order valence-corrected chi connectivity index (χ1v) is 17.2. The first kappa shape index (κ1) is 56.3. The summed E-state index contributed by atoms with van der Waals surface area (Å²) in [6.45, 7) is 12.0. The summed E-state index contributed by atoms with van der Waals surface area (Å²) in [5, 5.41) is 0. The first-order valence-electron chi connectivity index (χ1n) is 14.4. The Morgan fingerprint density at radius 2 is 0.520 bits per heavy atom. The second-order valence-electron chi connectivity index (χ2n) is 10.4. The number of rotatable bonds is 2. The molecule has 12 heteroatoms. The minimum absolute atomic E-state index is 0. The Kier molecular flexibility index (Phi) is 34.9. The molecule has 0 spiro atoms. The molecule has 0 amide bonds. The second-order valence-corrected chi connectivity index (χ2v) is 13.1. The zero-order valence-electron chi connectivity index (χ0n) is 28.9. The van der Waals surface area contributed by atoms with Gasteiger partial charge in [-0.15, -0.1) is 0 Å². The molecule has 2 aromatic carbocycles. The smallest absolute Gasteiger partial charge is 0.744 e. The molecule has 4 aliphatic rings. The van der Waals surface area contributed by atoms with Crippen LogP contribution in [0.2, 0.25) is 0 Å². The van der Waals surface area contributed by atoms with Crippen molar-refractivity contribution in [2.24, 2.45) is 0 Å². The average molecular weight is 887 g/mol. The van der Waals surface area contributed by atoms with Crippen LogP contribution in [0.5, 0.6) is 0 Å². The van der Waals surface area contributed by atoms with E-state index in [2.05, 4.69) is 79.1 Å². The fourth-order valence-electron chi connectivity index (χ4n) is 3.29. The van der Waals surface area contributed by atoms with Gasteiger partial charge >= 0.3 is 42.1 Å². The molecular formula is C38H46Mo2O8S2+4. The van der Waals surface area contributed by atoms with Gasteiger partial charge in [-0.1, -0.05) is 63.1 Å². The zero-order valence-corrected chi connectivity index (χ0v) is 34.6. The van der Waals surface area contributed by atoms with Gasteiger partial charge in [0.2, 0.25) is 0 Å². The SMILES string of the molecule is C[C]1[CH][CH][CH][CH]1.C[C]1[CH][CH][CH][CH]1.C[C]1[CH][CH][CH][CH]1.C[C]1[CH][CH][CH][CH]1.Cc1ccc(S(=O)(=O)[O-])cc1.Cc1ccc(S(=O)(=O)[O-])cc1.O.O.[Mo+3].[Mo+3]. The molecule has 4 N–H and O–H groups in total. The van der Waals surface area contributed by atoms with E-state index in [1.807, 2.05) is 65.2 Å². The van der Waals surface area contributed by atoms with Crippen molar-refractivity contribution >= 4 is 20.2 Å². The van der Waals surface area contributed by atoms with Gasteiger partial charge in [0.1, 0.15) is 20.2 Å². The van der Waals surface area contributed by atoms with Crippen molar-refractivity contribution in [2.45, 2.75) is 51.3 Å². The van der Waals surface area contributed by atoms with Gasteiger partial charge < -0.3 is 20.1 Å². The fourth-order valence-corrected chi connectivity index (χ4v) is 4.23. The largest absolute Gasteiger partial charge is 3.00 e. The fraction of sp³-hybridized carbons (Fsp3) is 0.158. The third-order valence-corrected chi connectivity index (χ3v) is 7.64. The maximum absolute atomic E-state index is 10.4. The zero-order chi connectivity index (χ0) is 34.6. The van der Waals surface area contributed by atoms with Crippen LogP contribution >= 0.6 is 0 Å². The molecule has 50 heavy (non-hydrogen) atoms. The van der Waals surface area contributed by atoms with E-state index in [4.69, 9.17) is 0 Å². The van der Waals surface area contributed by atoms with Crippen molar-refractivity contribution in [2.75, 3.05) is 0 Å². The summed E-state index contributed by atoms with van der Waals surface area (Å²) in [4.78, 5) is -0.355. The standard InChI is InChI=1S/2C7H8O3S.4C6H7.2Mo.2H2O/c2*1-6-2-4-7(5-3-6)11(8,9)10;4*1-6-4-2-3-5-6;;;;/h2*2-5H,1H3,(H,8,9,10);4*2-5H,1H3;;;2*1H2/q;;;;;;2*+3;;/p-2. The number of benzene rings is 2. The minimum Gasteiger partial charge on any atom is -0.744 e. The van der Waals surface area contributed by atoms with Gasteiger partial charge in [0.25, 0.3) is 0 Å². The molecule has 4 saturated carbocycles. The van der Waals surface area contributed by atoms with Crippen LogP contribution in [0.4, 0.5) is 0 Å². The van der Waals surface area contributed by atoms with E-state index in [0.717, 1.165) is 11.1 Å². The number of aryl methyl sites for hydroxylation is 2. The van der Waals surface area contributed by atoms with E-state index in [1.165, 1.54) is 47.9 Å². The normalized spacial score (nSPS) is 17.3. The quantitative estimate of drug-likeness (QED) is 0.272. The maximum Gasteiger partial charge on any atom is 3.00 e. The molecule has 4 aliphatic carbocycles. The maximum atomic E-state index is 10.4. The Hall–Kier alpha value is -0.443. The van der Waals surface area contributed by atoms with Gasteiger partial charge in [-0.2, -0.15) is 0 Å². The molecule has 0 heterocycles. The molecule has 0 aromatic heterocycles. The van der Waals surface area contributed by atoms with Crippen LogP contribution in [-0.2, 0) is 62.4 Å². The van der Waals surface area contributed by atoms with Crippen molar-refractivity contribution in [1.82, 2.24) is 0 Å². The van der Waals surface area contributed by atoms with Gasteiger partial charge in [-0.05, 0) is 165 Å². The van der Waals surface area contributed by atoms with Crippen LogP contribution < -0.4 is 0 Å². The molecule has 6 rings (SSSR count). The Balaban J connectivity index is -0.000000255. The number of hydrogen-bond acceptors (Lipinski definition) is 6. The van der Waals surface area contributed by atoms with Gasteiger partial charge in [-0.3, -0.25) is 0 Å². The molecule has 8 nitrogen and oxygen atoms in total. The average Bonchev–Trinajstić information content (AvgIpc) is 3.82. The van der Waals surface area contributed by atoms with E-state index in [-0.39, 0.29) is 62.9 Å². The topological polar surface area (TPSA) is 177 Å². The Morgan fingerprint density at radius 1 is 0.360 bits per heavy atom. The van der Waals surface area contributed by atoms with E-state index in [0.29, 0.717) is 0 Å². The van der Waals surface area contributed by atoms with Gasteiger partial charge in [-0.25, -0.2) is 16.8 Å². The van der Waals surface area contributed by atoms with E-state index >= 15 is 0 Å². The summed E-state index contributed by atoms with van der Waals surface area (Å²) in [5.41, 5.74) is 1.86. The molecule has 22 radical (unpaired) electrons. The predicted octanol–water partition coefficient (Wildman–Crippen LogP) is 5.79. The van der Waals surface area contributed by atoms with Crippen LogP contribution in [0.1, 0.15) is 38.8 Å². The van der Waals surface area contributed by atoms with Crippen molar-refractivity contribution in [1.29, 1.82) is 0 Å². The van der Waals surface area contributed by atoms with Crippen LogP contribution in [0.25, 0.3) is 0 Å². The van der Waals surface area contributed by atoms with Crippen LogP contribution in [-0.4, -0.2) is 36.9 Å². The predicted molar refractivity (Wildman–Crippen MR) is 190 cm³/mol. The molecular weight excluding hydrogens is 840 g/mol. The van der Waals surface area contributed by atoms with Gasteiger partial charge in [0, 0.05) is 0 Å². The van der Waals surface area contributed by atoms with Crippen LogP contribution in [0, 0.1) is 140 Å². The summed E-state index contributed by atoms with van der Waals surface area (Å²) in [6.07, 6.45) is 33.0. The van der Waals surface area contributed by atoms with Crippen LogP contribution in [0.3, 0.4) is 0 Å². The van der Waals surface area contributed by atoms with Crippen LogP contribution in [0.15, 0.2) is 58.3 Å². The van der Waals surface area contributed by atoms with E-state index in [1.54, 1.807) is 24.3 Å². The summed E-state index contributed by atoms with van der Waals surface area (Å²) in [5.74, 6) is 5.37. The van der Waals surface area contributed by atoms with Gasteiger partial charge in [0.15, 0.2) is 0 Å². The summed E-state index contributed by atoms with van der Waals surface area (Å²) in [7, 11) is -8.54. The third kappa shape index (κ3) is 29.1. The summed E-state index contributed by atoms with van der Waals surface area (Å²) in [6, 6.07) is 11.6. The van der Waals surface area contributed by atoms with Crippen molar-refractivity contribution in [3.05, 3.63) is 186 Å². The molecule has 2 aromatic rings. The van der Waals surface area contributed by atoms with Crippen molar-refractivity contribution in [3.63, 3.8) is 0 Å². The molecule has 0 bridgehead atoms. The number of hydrogen-bond donors (Lipinski definition) is 0.